The Kier molecular flexibility index (Phi) is 4.85. The molecule has 0 unspecified atom stereocenters. The number of thioether (sulfide) groups is 1. The first-order chi connectivity index (χ1) is 9.13. The molecule has 3 N–H and O–H groups in total. The average Bonchev–Trinajstić information content (AvgIpc) is 2.81. The molecule has 2 rings (SSSR count). The van der Waals surface area contributed by atoms with Crippen LogP contribution >= 0.6 is 35.3 Å². The van der Waals surface area contributed by atoms with Gasteiger partial charge >= 0.3 is 0 Å². The third kappa shape index (κ3) is 3.29. The van der Waals surface area contributed by atoms with E-state index in [2.05, 4.69) is 23.0 Å². The second-order valence-corrected chi connectivity index (χ2v) is 6.21. The number of thiophene rings is 1. The predicted molar refractivity (Wildman–Crippen MR) is 90.5 cm³/mol. The van der Waals surface area contributed by atoms with Gasteiger partial charge in [0.15, 0.2) is 0 Å². The van der Waals surface area contributed by atoms with E-state index in [9.17, 15) is 0 Å². The number of rotatable bonds is 5. The molecular formula is C14H16N2S3. The largest absolute Gasteiger partial charge is 0.389 e. The van der Waals surface area contributed by atoms with Crippen molar-refractivity contribution >= 4 is 46.0 Å². The van der Waals surface area contributed by atoms with Gasteiger partial charge in [0.2, 0.25) is 0 Å². The zero-order valence-electron chi connectivity index (χ0n) is 10.9. The van der Waals surface area contributed by atoms with Gasteiger partial charge in [-0.2, -0.15) is 11.3 Å². The highest BCUT2D eigenvalue weighted by molar-refractivity contribution is 7.98. The van der Waals surface area contributed by atoms with Crippen LogP contribution in [0.25, 0.3) is 0 Å². The van der Waals surface area contributed by atoms with Crippen LogP contribution in [0.2, 0.25) is 0 Å². The van der Waals surface area contributed by atoms with E-state index in [-0.39, 0.29) is 0 Å². The molecule has 19 heavy (non-hydrogen) atoms. The number of nitrogens with one attached hydrogen (secondary N) is 1. The van der Waals surface area contributed by atoms with E-state index < -0.39 is 0 Å². The van der Waals surface area contributed by atoms with Crippen LogP contribution in [-0.2, 0) is 6.54 Å². The van der Waals surface area contributed by atoms with Crippen molar-refractivity contribution in [2.45, 2.75) is 18.4 Å². The number of hydrogen-bond acceptors (Lipinski definition) is 4. The Labute approximate surface area is 127 Å². The van der Waals surface area contributed by atoms with Crippen LogP contribution in [-0.4, -0.2) is 11.2 Å². The van der Waals surface area contributed by atoms with Crippen LogP contribution in [0.5, 0.6) is 0 Å². The molecule has 0 saturated heterocycles. The number of anilines is 1. The van der Waals surface area contributed by atoms with Gasteiger partial charge in [0.1, 0.15) is 4.99 Å². The minimum atomic E-state index is 0.439. The van der Waals surface area contributed by atoms with Crippen LogP contribution < -0.4 is 11.1 Å². The molecule has 0 amide bonds. The summed E-state index contributed by atoms with van der Waals surface area (Å²) in [4.78, 5) is 1.55. The Morgan fingerprint density at radius 1 is 1.42 bits per heavy atom. The molecule has 2 nitrogen and oxygen atoms in total. The van der Waals surface area contributed by atoms with Crippen molar-refractivity contribution in [3.63, 3.8) is 0 Å². The molecule has 0 aliphatic rings. The first-order valence-corrected chi connectivity index (χ1v) is 8.43. The first kappa shape index (κ1) is 14.4. The maximum absolute atomic E-state index is 5.85. The summed E-state index contributed by atoms with van der Waals surface area (Å²) >= 11 is 8.55. The molecule has 0 fully saturated rings. The lowest BCUT2D eigenvalue weighted by molar-refractivity contribution is 1.13. The van der Waals surface area contributed by atoms with E-state index >= 15 is 0 Å². The fourth-order valence-electron chi connectivity index (χ4n) is 1.86. The molecule has 0 aliphatic carbocycles. The highest BCUT2D eigenvalue weighted by atomic mass is 32.2. The summed E-state index contributed by atoms with van der Waals surface area (Å²) in [5, 5.41) is 7.76. The van der Waals surface area contributed by atoms with Gasteiger partial charge in [0.05, 0.1) is 0 Å². The van der Waals surface area contributed by atoms with Crippen LogP contribution in [0.4, 0.5) is 5.69 Å². The van der Waals surface area contributed by atoms with E-state index in [1.54, 1.807) is 23.1 Å². The van der Waals surface area contributed by atoms with Crippen molar-refractivity contribution in [3.8, 4) is 0 Å². The highest BCUT2D eigenvalue weighted by Crippen LogP contribution is 2.27. The summed E-state index contributed by atoms with van der Waals surface area (Å²) in [6, 6.07) is 6.09. The number of aryl methyl sites for hydroxylation is 1. The molecular weight excluding hydrogens is 292 g/mol. The Morgan fingerprint density at radius 2 is 2.21 bits per heavy atom. The molecule has 0 bridgehead atoms. The van der Waals surface area contributed by atoms with Gasteiger partial charge in [0, 0.05) is 22.7 Å². The summed E-state index contributed by atoms with van der Waals surface area (Å²) in [7, 11) is 0. The fraction of sp³-hybridized carbons (Fsp3) is 0.214. The minimum absolute atomic E-state index is 0.439. The average molecular weight is 308 g/mol. The van der Waals surface area contributed by atoms with E-state index in [1.807, 2.05) is 24.5 Å². The summed E-state index contributed by atoms with van der Waals surface area (Å²) in [6.45, 7) is 2.92. The van der Waals surface area contributed by atoms with Crippen molar-refractivity contribution < 1.29 is 0 Å². The zero-order chi connectivity index (χ0) is 13.8. The number of nitrogens with two attached hydrogens (primary N) is 1. The summed E-state index contributed by atoms with van der Waals surface area (Å²) in [5.41, 5.74) is 10.4. The number of hydrogen-bond donors (Lipinski definition) is 2. The molecule has 1 aromatic heterocycles. The standard InChI is InChI=1S/C14H16N2S3/c1-9-7-19-8-10(9)6-16-11-4-3-5-12(18-2)13(11)14(15)17/h3-5,7-8,16H,6H2,1-2H3,(H2,15,17). The molecule has 0 atom stereocenters. The Morgan fingerprint density at radius 3 is 2.79 bits per heavy atom. The monoisotopic (exact) mass is 308 g/mol. The topological polar surface area (TPSA) is 38.0 Å². The Bertz CT molecular complexity index is 590. The first-order valence-electron chi connectivity index (χ1n) is 5.86. The smallest absolute Gasteiger partial charge is 0.107 e. The number of benzene rings is 1. The maximum atomic E-state index is 5.85. The van der Waals surface area contributed by atoms with Gasteiger partial charge in [-0.1, -0.05) is 18.3 Å². The van der Waals surface area contributed by atoms with Crippen molar-refractivity contribution in [3.05, 3.63) is 45.6 Å². The lowest BCUT2D eigenvalue weighted by Crippen LogP contribution is -2.14. The summed E-state index contributed by atoms with van der Waals surface area (Å²) in [6.07, 6.45) is 2.03. The van der Waals surface area contributed by atoms with Gasteiger partial charge in [-0.05, 0) is 47.2 Å². The van der Waals surface area contributed by atoms with Crippen molar-refractivity contribution in [2.24, 2.45) is 5.73 Å². The number of thiocarbonyl (C=S) groups is 1. The van der Waals surface area contributed by atoms with Gasteiger partial charge in [-0.15, -0.1) is 11.8 Å². The van der Waals surface area contributed by atoms with E-state index in [1.165, 1.54) is 11.1 Å². The van der Waals surface area contributed by atoms with Gasteiger partial charge in [0.25, 0.3) is 0 Å². The molecule has 100 valence electrons. The molecule has 0 radical (unpaired) electrons. The molecule has 2 aromatic rings. The Balaban J connectivity index is 2.25. The zero-order valence-corrected chi connectivity index (χ0v) is 13.3. The summed E-state index contributed by atoms with van der Waals surface area (Å²) < 4.78 is 0. The van der Waals surface area contributed by atoms with Crippen molar-refractivity contribution in [1.29, 1.82) is 0 Å². The molecule has 5 heteroatoms. The lowest BCUT2D eigenvalue weighted by Gasteiger charge is -2.14. The van der Waals surface area contributed by atoms with Crippen LogP contribution in [0.1, 0.15) is 16.7 Å². The van der Waals surface area contributed by atoms with Gasteiger partial charge < -0.3 is 11.1 Å². The fourth-order valence-corrected chi connectivity index (χ4v) is 3.64. The molecule has 0 aliphatic heterocycles. The molecule has 0 saturated carbocycles. The Hall–Kier alpha value is -1.04. The van der Waals surface area contributed by atoms with Gasteiger partial charge in [-0.25, -0.2) is 0 Å². The predicted octanol–water partition coefficient (Wildman–Crippen LogP) is 4.02. The van der Waals surface area contributed by atoms with Crippen LogP contribution in [0, 0.1) is 6.92 Å². The second-order valence-electron chi connectivity index (χ2n) is 4.18. The molecule has 1 heterocycles. The third-order valence-corrected chi connectivity index (χ3v) is 4.82. The van der Waals surface area contributed by atoms with Crippen LogP contribution in [0.3, 0.4) is 0 Å². The SMILES string of the molecule is CSc1cccc(NCc2cscc2C)c1C(N)=S. The minimum Gasteiger partial charge on any atom is -0.389 e. The van der Waals surface area contributed by atoms with Crippen molar-refractivity contribution in [2.75, 3.05) is 11.6 Å². The van der Waals surface area contributed by atoms with E-state index in [4.69, 9.17) is 18.0 Å². The molecule has 0 spiro atoms. The van der Waals surface area contributed by atoms with E-state index in [0.29, 0.717) is 4.99 Å². The third-order valence-electron chi connectivity index (χ3n) is 2.92. The second kappa shape index (κ2) is 6.41. The van der Waals surface area contributed by atoms with Crippen molar-refractivity contribution in [1.82, 2.24) is 0 Å². The maximum Gasteiger partial charge on any atom is 0.107 e. The summed E-state index contributed by atoms with van der Waals surface area (Å²) in [5.74, 6) is 0. The van der Waals surface area contributed by atoms with Crippen LogP contribution in [0.15, 0.2) is 33.9 Å². The quantitative estimate of drug-likeness (QED) is 0.646. The van der Waals surface area contributed by atoms with E-state index in [0.717, 1.165) is 22.7 Å². The normalized spacial score (nSPS) is 10.4. The lowest BCUT2D eigenvalue weighted by atomic mass is 10.1. The van der Waals surface area contributed by atoms with Gasteiger partial charge in [-0.3, -0.25) is 0 Å². The molecule has 1 aromatic carbocycles. The highest BCUT2D eigenvalue weighted by Gasteiger charge is 2.10.